The summed E-state index contributed by atoms with van der Waals surface area (Å²) < 4.78 is 0. The van der Waals surface area contributed by atoms with Crippen LogP contribution in [-0.4, -0.2) is 16.9 Å². The van der Waals surface area contributed by atoms with Crippen molar-refractivity contribution in [3.05, 3.63) is 0 Å². The lowest BCUT2D eigenvalue weighted by Gasteiger charge is -2.06. The standard InChI is InChI=1S/C11H18O3/c12-10-7-4-6-9(10)5-2-1-3-8-11(13)14/h9H,1-8H2,(H,13,14). The van der Waals surface area contributed by atoms with Crippen molar-refractivity contribution in [2.45, 2.75) is 51.4 Å². The molecule has 80 valence electrons. The van der Waals surface area contributed by atoms with Crippen LogP contribution in [0.2, 0.25) is 0 Å². The van der Waals surface area contributed by atoms with Crippen LogP contribution < -0.4 is 0 Å². The summed E-state index contributed by atoms with van der Waals surface area (Å²) in [5, 5.41) is 8.41. The van der Waals surface area contributed by atoms with E-state index in [0.717, 1.165) is 44.9 Å². The molecule has 0 heterocycles. The molecule has 1 saturated carbocycles. The lowest BCUT2D eigenvalue weighted by atomic mass is 9.99. The van der Waals surface area contributed by atoms with Crippen LogP contribution in [0.1, 0.15) is 51.4 Å². The Kier molecular flexibility index (Phi) is 4.63. The molecule has 1 unspecified atom stereocenters. The number of rotatable bonds is 6. The largest absolute Gasteiger partial charge is 0.481 e. The van der Waals surface area contributed by atoms with Gasteiger partial charge in [0.05, 0.1) is 0 Å². The third kappa shape index (κ3) is 3.90. The molecule has 0 saturated heterocycles. The maximum Gasteiger partial charge on any atom is 0.303 e. The van der Waals surface area contributed by atoms with E-state index in [1.165, 1.54) is 0 Å². The summed E-state index contributed by atoms with van der Waals surface area (Å²) in [6.45, 7) is 0. The van der Waals surface area contributed by atoms with E-state index in [4.69, 9.17) is 5.11 Å². The molecule has 1 aliphatic carbocycles. The predicted molar refractivity (Wildman–Crippen MR) is 53.1 cm³/mol. The fourth-order valence-electron chi connectivity index (χ4n) is 2.04. The Balaban J connectivity index is 1.98. The van der Waals surface area contributed by atoms with Crippen molar-refractivity contribution in [1.82, 2.24) is 0 Å². The van der Waals surface area contributed by atoms with Crippen LogP contribution in [0.25, 0.3) is 0 Å². The third-order valence-electron chi connectivity index (χ3n) is 2.87. The number of carbonyl (C=O) groups excluding carboxylic acids is 1. The molecule has 1 rings (SSSR count). The highest BCUT2D eigenvalue weighted by Gasteiger charge is 2.23. The maximum absolute atomic E-state index is 11.3. The molecule has 1 fully saturated rings. The third-order valence-corrected chi connectivity index (χ3v) is 2.87. The van der Waals surface area contributed by atoms with Crippen LogP contribution in [0, 0.1) is 5.92 Å². The van der Waals surface area contributed by atoms with Gasteiger partial charge >= 0.3 is 5.97 Å². The average Bonchev–Trinajstić information content (AvgIpc) is 2.51. The lowest BCUT2D eigenvalue weighted by Crippen LogP contribution is -2.05. The molecule has 3 heteroatoms. The molecule has 3 nitrogen and oxygen atoms in total. The molecule has 0 spiro atoms. The Morgan fingerprint density at radius 1 is 1.36 bits per heavy atom. The van der Waals surface area contributed by atoms with Crippen molar-refractivity contribution in [3.63, 3.8) is 0 Å². The molecular weight excluding hydrogens is 180 g/mol. The van der Waals surface area contributed by atoms with Gasteiger partial charge in [-0.1, -0.05) is 12.8 Å². The number of carboxylic acid groups (broad SMARTS) is 1. The van der Waals surface area contributed by atoms with Gasteiger partial charge < -0.3 is 5.11 Å². The zero-order valence-corrected chi connectivity index (χ0v) is 8.50. The van der Waals surface area contributed by atoms with E-state index in [-0.39, 0.29) is 6.42 Å². The summed E-state index contributed by atoms with van der Waals surface area (Å²) in [5.41, 5.74) is 0. The predicted octanol–water partition coefficient (Wildman–Crippen LogP) is 2.39. The van der Waals surface area contributed by atoms with Gasteiger partial charge in [0, 0.05) is 18.8 Å². The molecule has 0 bridgehead atoms. The minimum atomic E-state index is -0.720. The van der Waals surface area contributed by atoms with Crippen LogP contribution in [0.3, 0.4) is 0 Å². The van der Waals surface area contributed by atoms with E-state index in [1.54, 1.807) is 0 Å². The molecule has 0 aliphatic heterocycles. The fraction of sp³-hybridized carbons (Fsp3) is 0.818. The molecule has 1 N–H and O–H groups in total. The van der Waals surface area contributed by atoms with Gasteiger partial charge in [-0.05, 0) is 25.7 Å². The number of carboxylic acids is 1. The lowest BCUT2D eigenvalue weighted by molar-refractivity contribution is -0.137. The number of hydrogen-bond acceptors (Lipinski definition) is 2. The summed E-state index contributed by atoms with van der Waals surface area (Å²) in [4.78, 5) is 21.5. The van der Waals surface area contributed by atoms with Crippen LogP contribution in [0.5, 0.6) is 0 Å². The smallest absolute Gasteiger partial charge is 0.303 e. The van der Waals surface area contributed by atoms with Crippen LogP contribution in [-0.2, 0) is 9.59 Å². The number of Topliss-reactive ketones (excluding diaryl/α,β-unsaturated/α-hetero) is 1. The Morgan fingerprint density at radius 3 is 2.71 bits per heavy atom. The molecule has 1 aliphatic rings. The van der Waals surface area contributed by atoms with E-state index >= 15 is 0 Å². The molecule has 14 heavy (non-hydrogen) atoms. The van der Waals surface area contributed by atoms with Crippen molar-refractivity contribution in [3.8, 4) is 0 Å². The van der Waals surface area contributed by atoms with Crippen molar-refractivity contribution in [1.29, 1.82) is 0 Å². The SMILES string of the molecule is O=C(O)CCCCCC1CCCC1=O. The van der Waals surface area contributed by atoms with E-state index < -0.39 is 5.97 Å². The summed E-state index contributed by atoms with van der Waals surface area (Å²) in [6.07, 6.45) is 6.79. The first-order chi connectivity index (χ1) is 6.70. The molecule has 0 aromatic carbocycles. The second kappa shape index (κ2) is 5.78. The van der Waals surface area contributed by atoms with Gasteiger partial charge in [0.25, 0.3) is 0 Å². The highest BCUT2D eigenvalue weighted by molar-refractivity contribution is 5.82. The number of aliphatic carboxylic acids is 1. The van der Waals surface area contributed by atoms with Crippen molar-refractivity contribution in [2.75, 3.05) is 0 Å². The van der Waals surface area contributed by atoms with Gasteiger partial charge in [-0.15, -0.1) is 0 Å². The molecular formula is C11H18O3. The second-order valence-corrected chi connectivity index (χ2v) is 4.05. The van der Waals surface area contributed by atoms with E-state index in [2.05, 4.69) is 0 Å². The first-order valence-electron chi connectivity index (χ1n) is 5.44. The van der Waals surface area contributed by atoms with E-state index in [1.807, 2.05) is 0 Å². The van der Waals surface area contributed by atoms with Gasteiger partial charge in [-0.2, -0.15) is 0 Å². The first-order valence-corrected chi connectivity index (χ1v) is 5.44. The molecule has 0 radical (unpaired) electrons. The topological polar surface area (TPSA) is 54.4 Å². The number of hydrogen-bond donors (Lipinski definition) is 1. The highest BCUT2D eigenvalue weighted by Crippen LogP contribution is 2.26. The first kappa shape index (κ1) is 11.2. The van der Waals surface area contributed by atoms with Gasteiger partial charge in [0.2, 0.25) is 0 Å². The van der Waals surface area contributed by atoms with Gasteiger partial charge in [-0.25, -0.2) is 0 Å². The maximum atomic E-state index is 11.3. The van der Waals surface area contributed by atoms with E-state index in [0.29, 0.717) is 11.7 Å². The van der Waals surface area contributed by atoms with Gasteiger partial charge in [0.1, 0.15) is 5.78 Å². The van der Waals surface area contributed by atoms with Crippen molar-refractivity contribution >= 4 is 11.8 Å². The molecule has 0 amide bonds. The summed E-state index contributed by atoms with van der Waals surface area (Å²) >= 11 is 0. The number of carbonyl (C=O) groups is 2. The summed E-state index contributed by atoms with van der Waals surface area (Å²) in [6, 6.07) is 0. The van der Waals surface area contributed by atoms with Crippen molar-refractivity contribution in [2.24, 2.45) is 5.92 Å². The minimum Gasteiger partial charge on any atom is -0.481 e. The summed E-state index contributed by atoms with van der Waals surface area (Å²) in [5.74, 6) is -0.00925. The quantitative estimate of drug-likeness (QED) is 0.667. The number of unbranched alkanes of at least 4 members (excludes halogenated alkanes) is 2. The average molecular weight is 198 g/mol. The Bertz CT molecular complexity index is 211. The molecule has 0 aromatic rings. The van der Waals surface area contributed by atoms with Crippen LogP contribution in [0.15, 0.2) is 0 Å². The fourth-order valence-corrected chi connectivity index (χ4v) is 2.04. The zero-order valence-electron chi connectivity index (χ0n) is 8.50. The van der Waals surface area contributed by atoms with Crippen molar-refractivity contribution < 1.29 is 14.7 Å². The minimum absolute atomic E-state index is 0.263. The van der Waals surface area contributed by atoms with Gasteiger partial charge in [0.15, 0.2) is 0 Å². The van der Waals surface area contributed by atoms with Gasteiger partial charge in [-0.3, -0.25) is 9.59 Å². The normalized spacial score (nSPS) is 21.4. The summed E-state index contributed by atoms with van der Waals surface area (Å²) in [7, 11) is 0. The van der Waals surface area contributed by atoms with E-state index in [9.17, 15) is 9.59 Å². The monoisotopic (exact) mass is 198 g/mol. The zero-order chi connectivity index (χ0) is 10.4. The Hall–Kier alpha value is -0.860. The molecule has 1 atom stereocenters. The second-order valence-electron chi connectivity index (χ2n) is 4.05. The van der Waals surface area contributed by atoms with Crippen LogP contribution >= 0.6 is 0 Å². The highest BCUT2D eigenvalue weighted by atomic mass is 16.4. The Labute approximate surface area is 84.5 Å². The number of ketones is 1. The molecule has 0 aromatic heterocycles. The van der Waals surface area contributed by atoms with Crippen LogP contribution in [0.4, 0.5) is 0 Å². The Morgan fingerprint density at radius 2 is 2.14 bits per heavy atom.